The molecule has 1 aliphatic rings. The molecule has 0 radical (unpaired) electrons. The van der Waals surface area contributed by atoms with Crippen LogP contribution in [0.25, 0.3) is 0 Å². The second-order valence-electron chi connectivity index (χ2n) is 4.85. The van der Waals surface area contributed by atoms with Gasteiger partial charge in [0.15, 0.2) is 0 Å². The normalized spacial score (nSPS) is 26.8. The molecule has 9 heteroatoms. The van der Waals surface area contributed by atoms with Gasteiger partial charge in [-0.05, 0) is 19.3 Å². The summed E-state index contributed by atoms with van der Waals surface area (Å²) in [4.78, 5) is 33.9. The molecule has 4 unspecified atom stereocenters. The summed E-state index contributed by atoms with van der Waals surface area (Å²) in [5.41, 5.74) is -0.541. The van der Waals surface area contributed by atoms with E-state index < -0.39 is 25.7 Å². The number of hydrogen-bond donors (Lipinski definition) is 2. The van der Waals surface area contributed by atoms with Crippen LogP contribution in [0.4, 0.5) is 0 Å². The number of nitrogens with one attached hydrogen (secondary N) is 1. The van der Waals surface area contributed by atoms with E-state index in [2.05, 4.69) is 9.51 Å². The highest BCUT2D eigenvalue weighted by molar-refractivity contribution is 7.32. The minimum atomic E-state index is -2.67. The molecule has 1 aromatic rings. The van der Waals surface area contributed by atoms with E-state index in [1.807, 2.05) is 6.92 Å². The standard InChI is InChI=1S/C11H15N2O6P/c1-6-3-9(19-8(6)5-18-20(16)17)13-4-7(2)10(14)12-11(13)15/h4,6,8-9H,3,5H2,1-2H3,(H-,12,14,15,16,17)/p+1. The average molecular weight is 303 g/mol. The lowest BCUT2D eigenvalue weighted by molar-refractivity contribution is -0.0268. The van der Waals surface area contributed by atoms with Gasteiger partial charge in [-0.15, -0.1) is 9.42 Å². The van der Waals surface area contributed by atoms with E-state index in [9.17, 15) is 14.2 Å². The highest BCUT2D eigenvalue weighted by Crippen LogP contribution is 2.33. The predicted octanol–water partition coefficient (Wildman–Crippen LogP) is 0.435. The van der Waals surface area contributed by atoms with Gasteiger partial charge in [0, 0.05) is 16.3 Å². The highest BCUT2D eigenvalue weighted by Gasteiger charge is 2.36. The Kier molecular flexibility index (Phi) is 4.49. The maximum atomic E-state index is 11.8. The van der Waals surface area contributed by atoms with Crippen LogP contribution in [0.5, 0.6) is 0 Å². The number of aromatic amines is 1. The van der Waals surface area contributed by atoms with Gasteiger partial charge in [-0.3, -0.25) is 14.3 Å². The molecule has 2 rings (SSSR count). The summed E-state index contributed by atoms with van der Waals surface area (Å²) >= 11 is 0. The van der Waals surface area contributed by atoms with Gasteiger partial charge in [-0.2, -0.15) is 0 Å². The summed E-state index contributed by atoms with van der Waals surface area (Å²) in [7, 11) is -2.67. The van der Waals surface area contributed by atoms with Gasteiger partial charge in [0.1, 0.15) is 12.8 Å². The molecule has 0 saturated carbocycles. The van der Waals surface area contributed by atoms with Crippen LogP contribution < -0.4 is 11.2 Å². The van der Waals surface area contributed by atoms with Crippen LogP contribution in [-0.4, -0.2) is 27.2 Å². The number of hydrogen-bond acceptors (Lipinski definition) is 5. The van der Waals surface area contributed by atoms with Gasteiger partial charge in [-0.1, -0.05) is 6.92 Å². The number of rotatable bonds is 4. The lowest BCUT2D eigenvalue weighted by atomic mass is 10.0. The van der Waals surface area contributed by atoms with E-state index in [-0.39, 0.29) is 18.6 Å². The van der Waals surface area contributed by atoms with Crippen LogP contribution >= 0.6 is 8.25 Å². The Hall–Kier alpha value is -1.34. The molecular formula is C11H16N2O6P+. The zero-order valence-electron chi connectivity index (χ0n) is 11.1. The van der Waals surface area contributed by atoms with Crippen molar-refractivity contribution in [3.05, 3.63) is 32.6 Å². The van der Waals surface area contributed by atoms with Gasteiger partial charge in [0.25, 0.3) is 5.56 Å². The first-order chi connectivity index (χ1) is 9.38. The molecule has 110 valence electrons. The molecule has 20 heavy (non-hydrogen) atoms. The molecule has 2 heterocycles. The predicted molar refractivity (Wildman–Crippen MR) is 69.5 cm³/mol. The molecule has 1 fully saturated rings. The van der Waals surface area contributed by atoms with Crippen molar-refractivity contribution in [2.24, 2.45) is 5.92 Å². The fourth-order valence-corrected chi connectivity index (χ4v) is 2.46. The smallest absolute Gasteiger partial charge is 0.352 e. The minimum Gasteiger partial charge on any atom is -0.352 e. The SMILES string of the molecule is Cc1cn(C2CC(C)C(CO[P+](=O)O)O2)c(=O)[nH]c1=O. The molecule has 0 spiro atoms. The van der Waals surface area contributed by atoms with Crippen LogP contribution in [0, 0.1) is 12.8 Å². The number of aryl methyl sites for hydroxylation is 1. The molecule has 4 atom stereocenters. The Balaban J connectivity index is 2.16. The summed E-state index contributed by atoms with van der Waals surface area (Å²) < 4.78 is 22.2. The van der Waals surface area contributed by atoms with Crippen molar-refractivity contribution in [2.75, 3.05) is 6.61 Å². The second-order valence-corrected chi connectivity index (χ2v) is 5.59. The largest absolute Gasteiger partial charge is 0.694 e. The maximum Gasteiger partial charge on any atom is 0.694 e. The highest BCUT2D eigenvalue weighted by atomic mass is 31.1. The lowest BCUT2D eigenvalue weighted by Gasteiger charge is -2.14. The molecule has 2 N–H and O–H groups in total. The van der Waals surface area contributed by atoms with Crippen molar-refractivity contribution in [1.82, 2.24) is 9.55 Å². The summed E-state index contributed by atoms with van der Waals surface area (Å²) in [6, 6.07) is 0. The first kappa shape index (κ1) is 15.1. The van der Waals surface area contributed by atoms with Crippen LogP contribution in [0.2, 0.25) is 0 Å². The number of nitrogens with zero attached hydrogens (tertiary/aromatic N) is 1. The molecule has 0 aromatic carbocycles. The summed E-state index contributed by atoms with van der Waals surface area (Å²) in [6.45, 7) is 3.49. The fourth-order valence-electron chi connectivity index (χ4n) is 2.18. The summed E-state index contributed by atoms with van der Waals surface area (Å²) in [6.07, 6.45) is 1.12. The van der Waals surface area contributed by atoms with Gasteiger partial charge in [0.05, 0.1) is 6.10 Å². The summed E-state index contributed by atoms with van der Waals surface area (Å²) in [5.74, 6) is 0.0640. The number of ether oxygens (including phenoxy) is 1. The van der Waals surface area contributed by atoms with E-state index in [0.29, 0.717) is 12.0 Å². The van der Waals surface area contributed by atoms with Gasteiger partial charge >= 0.3 is 13.9 Å². The third-order valence-corrected chi connectivity index (χ3v) is 3.72. The van der Waals surface area contributed by atoms with Crippen LogP contribution in [-0.2, 0) is 13.8 Å². The van der Waals surface area contributed by atoms with Crippen LogP contribution in [0.3, 0.4) is 0 Å². The topological polar surface area (TPSA) is 111 Å². The molecule has 1 aromatic heterocycles. The van der Waals surface area contributed by atoms with Crippen LogP contribution in [0.1, 0.15) is 25.1 Å². The zero-order valence-corrected chi connectivity index (χ0v) is 12.0. The molecule has 0 aliphatic carbocycles. The second kappa shape index (κ2) is 5.97. The van der Waals surface area contributed by atoms with Crippen molar-refractivity contribution in [3.8, 4) is 0 Å². The minimum absolute atomic E-state index is 0.0134. The van der Waals surface area contributed by atoms with Crippen molar-refractivity contribution < 1.29 is 18.7 Å². The van der Waals surface area contributed by atoms with Gasteiger partial charge in [0.2, 0.25) is 0 Å². The molecular weight excluding hydrogens is 287 g/mol. The Morgan fingerprint density at radius 3 is 2.95 bits per heavy atom. The Morgan fingerprint density at radius 2 is 2.30 bits per heavy atom. The quantitative estimate of drug-likeness (QED) is 0.781. The van der Waals surface area contributed by atoms with E-state index in [0.717, 1.165) is 0 Å². The van der Waals surface area contributed by atoms with E-state index in [4.69, 9.17) is 9.63 Å². The number of aromatic nitrogens is 2. The first-order valence-electron chi connectivity index (χ1n) is 6.15. The fraction of sp³-hybridized carbons (Fsp3) is 0.636. The van der Waals surface area contributed by atoms with E-state index >= 15 is 0 Å². The monoisotopic (exact) mass is 303 g/mol. The Morgan fingerprint density at radius 1 is 1.60 bits per heavy atom. The molecule has 1 aliphatic heterocycles. The molecule has 0 amide bonds. The average Bonchev–Trinajstić information content (AvgIpc) is 2.72. The molecule has 0 bridgehead atoms. The molecule has 8 nitrogen and oxygen atoms in total. The third kappa shape index (κ3) is 3.21. The summed E-state index contributed by atoms with van der Waals surface area (Å²) in [5, 5.41) is 0. The zero-order chi connectivity index (χ0) is 14.9. The Bertz CT molecular complexity index is 624. The lowest BCUT2D eigenvalue weighted by Crippen LogP contribution is -2.33. The molecule has 1 saturated heterocycles. The first-order valence-corrected chi connectivity index (χ1v) is 7.28. The van der Waals surface area contributed by atoms with E-state index in [1.165, 1.54) is 10.8 Å². The van der Waals surface area contributed by atoms with Crippen molar-refractivity contribution in [3.63, 3.8) is 0 Å². The van der Waals surface area contributed by atoms with Crippen molar-refractivity contribution in [1.29, 1.82) is 0 Å². The van der Waals surface area contributed by atoms with Crippen LogP contribution in [0.15, 0.2) is 15.8 Å². The Labute approximate surface area is 115 Å². The van der Waals surface area contributed by atoms with Crippen molar-refractivity contribution >= 4 is 8.25 Å². The third-order valence-electron chi connectivity index (χ3n) is 3.35. The van der Waals surface area contributed by atoms with Gasteiger partial charge in [-0.25, -0.2) is 4.79 Å². The van der Waals surface area contributed by atoms with E-state index in [1.54, 1.807) is 6.92 Å². The maximum absolute atomic E-state index is 11.8. The van der Waals surface area contributed by atoms with Crippen molar-refractivity contribution in [2.45, 2.75) is 32.6 Å². The van der Waals surface area contributed by atoms with Gasteiger partial charge < -0.3 is 4.74 Å². The number of H-pyrrole nitrogens is 1.